The Balaban J connectivity index is 1.40. The molecule has 0 radical (unpaired) electrons. The van der Waals surface area contributed by atoms with Gasteiger partial charge in [-0.25, -0.2) is 9.78 Å². The van der Waals surface area contributed by atoms with Crippen LogP contribution in [-0.2, 0) is 30.5 Å². The number of hydrogen-bond donors (Lipinski definition) is 3. The fourth-order valence-corrected chi connectivity index (χ4v) is 11.6. The van der Waals surface area contributed by atoms with Gasteiger partial charge in [0.25, 0.3) is 0 Å². The summed E-state index contributed by atoms with van der Waals surface area (Å²) in [5.74, 6) is -0.348. The summed E-state index contributed by atoms with van der Waals surface area (Å²) in [6.07, 6.45) is -0.599. The molecule has 1 amide bonds. The van der Waals surface area contributed by atoms with Gasteiger partial charge in [0, 0.05) is 37.0 Å². The fraction of sp³-hybridized carbons (Fsp3) is 0.750. The van der Waals surface area contributed by atoms with Gasteiger partial charge in [-0.05, 0) is 61.6 Å². The minimum Gasteiger partial charge on any atom is -0.490 e. The summed E-state index contributed by atoms with van der Waals surface area (Å²) in [6, 6.07) is 7.69. The van der Waals surface area contributed by atoms with Crippen molar-refractivity contribution in [3.63, 3.8) is 0 Å². The van der Waals surface area contributed by atoms with Crippen molar-refractivity contribution in [1.29, 1.82) is 0 Å². The average Bonchev–Trinajstić information content (AvgIpc) is 3.42. The first-order valence-electron chi connectivity index (χ1n) is 15.3. The Morgan fingerprint density at radius 3 is 2.49 bits per heavy atom. The second kappa shape index (κ2) is 7.91. The molecule has 14 atom stereocenters. The zero-order valence-corrected chi connectivity index (χ0v) is 24.4. The van der Waals surface area contributed by atoms with Gasteiger partial charge in [0.1, 0.15) is 34.7 Å². The van der Waals surface area contributed by atoms with Gasteiger partial charge in [-0.2, -0.15) is 0 Å². The lowest BCUT2D eigenvalue weighted by Gasteiger charge is -2.52. The molecule has 6 fully saturated rings. The van der Waals surface area contributed by atoms with Crippen LogP contribution >= 0.6 is 0 Å². The van der Waals surface area contributed by atoms with Crippen LogP contribution in [-0.4, -0.2) is 57.3 Å². The maximum atomic E-state index is 15.2. The number of hydrogen-bond acceptors (Lipinski definition) is 8. The van der Waals surface area contributed by atoms with Gasteiger partial charge in [0.15, 0.2) is 12.1 Å². The van der Waals surface area contributed by atoms with E-state index in [1.807, 2.05) is 31.2 Å². The number of amides is 1. The van der Waals surface area contributed by atoms with Crippen molar-refractivity contribution < 1.29 is 39.1 Å². The molecule has 1 aromatic rings. The second-order valence-electron chi connectivity index (χ2n) is 15.3. The lowest BCUT2D eigenvalue weighted by atomic mass is 9.51. The molecule has 0 unspecified atom stereocenters. The first-order valence-corrected chi connectivity index (χ1v) is 15.3. The molecule has 3 aliphatic carbocycles. The summed E-state index contributed by atoms with van der Waals surface area (Å²) in [4.78, 5) is 40.9. The van der Waals surface area contributed by atoms with Crippen LogP contribution in [0.2, 0.25) is 0 Å². The minimum atomic E-state index is -1.69. The van der Waals surface area contributed by atoms with Gasteiger partial charge in [0.2, 0.25) is 5.91 Å². The summed E-state index contributed by atoms with van der Waals surface area (Å²) < 4.78 is 13.6. The third kappa shape index (κ3) is 3.25. The quantitative estimate of drug-likeness (QED) is 0.248. The molecule has 0 aromatic heterocycles. The Kier molecular flexibility index (Phi) is 5.13. The normalized spacial score (nSPS) is 56.6. The van der Waals surface area contributed by atoms with Gasteiger partial charge >= 0.3 is 0 Å². The molecule has 5 heterocycles. The highest BCUT2D eigenvalue weighted by Gasteiger charge is 2.84. The molecule has 3 N–H and O–H groups in total. The van der Waals surface area contributed by atoms with E-state index in [4.69, 9.17) is 19.2 Å². The number of aliphatic hydroxyl groups is 2. The van der Waals surface area contributed by atoms with Crippen LogP contribution in [0.15, 0.2) is 24.3 Å². The predicted octanol–water partition coefficient (Wildman–Crippen LogP) is 2.90. The smallest absolute Gasteiger partial charge is 0.236 e. The first kappa shape index (κ1) is 26.6. The molecule has 222 valence electrons. The van der Waals surface area contributed by atoms with Gasteiger partial charge < -0.3 is 25.0 Å². The van der Waals surface area contributed by atoms with E-state index < -0.39 is 46.6 Å². The van der Waals surface area contributed by atoms with Gasteiger partial charge in [-0.1, -0.05) is 32.9 Å². The molecule has 5 aliphatic heterocycles. The maximum Gasteiger partial charge on any atom is 0.236 e. The molecular formula is C32H41NO8. The van der Waals surface area contributed by atoms with Crippen LogP contribution in [0, 0.1) is 46.3 Å². The Morgan fingerprint density at radius 1 is 1.02 bits per heavy atom. The lowest BCUT2D eigenvalue weighted by Crippen LogP contribution is -2.65. The molecule has 9 heteroatoms. The van der Waals surface area contributed by atoms with E-state index in [0.29, 0.717) is 11.8 Å². The summed E-state index contributed by atoms with van der Waals surface area (Å²) in [6.45, 7) is 10.9. The first-order chi connectivity index (χ1) is 19.2. The number of carbonyl (C=O) groups excluding carboxylic acids is 2. The van der Waals surface area contributed by atoms with Crippen molar-refractivity contribution >= 4 is 11.7 Å². The Hall–Kier alpha value is -2.04. The number of Topliss-reactive ketones (excluding diaryl/α,β-unsaturated/α-hetero) is 1. The van der Waals surface area contributed by atoms with Crippen LogP contribution in [0.3, 0.4) is 0 Å². The highest BCUT2D eigenvalue weighted by molar-refractivity contribution is 6.09. The van der Waals surface area contributed by atoms with Gasteiger partial charge in [-0.3, -0.25) is 9.59 Å². The molecule has 1 spiro atoms. The number of nitrogens with one attached hydrogen (secondary N) is 1. The van der Waals surface area contributed by atoms with Crippen LogP contribution < -0.4 is 10.1 Å². The maximum absolute atomic E-state index is 15.2. The molecule has 9 nitrogen and oxygen atoms in total. The fourth-order valence-electron chi connectivity index (χ4n) is 11.6. The zero-order chi connectivity index (χ0) is 28.9. The van der Waals surface area contributed by atoms with Crippen LogP contribution in [0.25, 0.3) is 0 Å². The van der Waals surface area contributed by atoms with E-state index >= 15 is 4.79 Å². The van der Waals surface area contributed by atoms with Crippen molar-refractivity contribution in [3.05, 3.63) is 29.8 Å². The summed E-state index contributed by atoms with van der Waals surface area (Å²) >= 11 is 0. The molecule has 41 heavy (non-hydrogen) atoms. The van der Waals surface area contributed by atoms with E-state index in [9.17, 15) is 15.0 Å². The Labute approximate surface area is 240 Å². The van der Waals surface area contributed by atoms with Gasteiger partial charge in [-0.15, -0.1) is 0 Å². The van der Waals surface area contributed by atoms with E-state index in [2.05, 4.69) is 33.0 Å². The van der Waals surface area contributed by atoms with Crippen molar-refractivity contribution in [2.75, 3.05) is 0 Å². The number of epoxide rings is 1. The number of rotatable bonds is 0. The van der Waals surface area contributed by atoms with Crippen molar-refractivity contribution in [2.45, 2.75) is 102 Å². The van der Waals surface area contributed by atoms with E-state index in [1.54, 1.807) is 0 Å². The zero-order valence-electron chi connectivity index (χ0n) is 24.4. The molecule has 8 aliphatic rings. The summed E-state index contributed by atoms with van der Waals surface area (Å²) in [5, 5.41) is 25.4. The largest absolute Gasteiger partial charge is 0.490 e. The predicted molar refractivity (Wildman–Crippen MR) is 144 cm³/mol. The van der Waals surface area contributed by atoms with Crippen LogP contribution in [0.5, 0.6) is 5.75 Å². The summed E-state index contributed by atoms with van der Waals surface area (Å²) in [7, 11) is 0. The number of aliphatic hydroxyl groups excluding tert-OH is 1. The SMILES string of the molecule is C[C@@H]1C[C@H](C)[C@H]2[C@H]3Oc4ccc(cc4)C[C@]4(O)C[C@]5(C[C@H](O)OO[C@@]6(C)[C@H]7O[C@@]7(C)[C@H]([C@H]3[C@H]6C5=O)[C@]2(C)C1)C(=O)N4. The Morgan fingerprint density at radius 2 is 1.76 bits per heavy atom. The van der Waals surface area contributed by atoms with Crippen LogP contribution in [0.1, 0.15) is 65.9 Å². The number of carbonyl (C=O) groups is 2. The number of fused-ring (bicyclic) bond motifs is 7. The molecule has 5 bridgehead atoms. The third-order valence-corrected chi connectivity index (χ3v) is 12.4. The molecule has 9 rings (SSSR count). The highest BCUT2D eigenvalue weighted by atomic mass is 17.2. The highest BCUT2D eigenvalue weighted by Crippen LogP contribution is 2.75. The number of ketones is 1. The van der Waals surface area contributed by atoms with Crippen molar-refractivity contribution in [3.8, 4) is 5.75 Å². The number of benzene rings is 1. The lowest BCUT2D eigenvalue weighted by molar-refractivity contribution is -0.435. The molecule has 1 aromatic carbocycles. The third-order valence-electron chi connectivity index (χ3n) is 12.4. The van der Waals surface area contributed by atoms with Crippen molar-refractivity contribution in [1.82, 2.24) is 5.32 Å². The van der Waals surface area contributed by atoms with Crippen LogP contribution in [0.4, 0.5) is 0 Å². The minimum absolute atomic E-state index is 0.0278. The van der Waals surface area contributed by atoms with Crippen molar-refractivity contribution in [2.24, 2.45) is 46.3 Å². The van der Waals surface area contributed by atoms with Gasteiger partial charge in [0.05, 0.1) is 11.5 Å². The second-order valence-corrected chi connectivity index (χ2v) is 15.3. The molecule has 3 saturated heterocycles. The van der Waals surface area contributed by atoms with E-state index in [1.165, 1.54) is 0 Å². The average molecular weight is 568 g/mol. The standard InChI is InChI=1S/C32H41NO8/c1-15-10-16(2)21-23-20-22-25(35)31(14-32(37,33-27(31)36)12-17-6-8-18(38-23)9-7-17)13-19(34)40-41-29(22,4)26-30(5,39-26)24(20)28(21,3)11-15/h6-9,15-16,19-24,26,34,37H,10-14H2,1-5H3,(H,33,36)/t15-,16+,19-,20+,21+,22+,23+,24-,26-,28-,29-,30+,31+,32+/m1/s1. The number of ether oxygens (including phenoxy) is 2. The van der Waals surface area contributed by atoms with E-state index in [0.717, 1.165) is 24.2 Å². The molecule has 3 saturated carbocycles. The molecular weight excluding hydrogens is 526 g/mol. The monoisotopic (exact) mass is 567 g/mol. The topological polar surface area (TPSA) is 127 Å². The Bertz CT molecular complexity index is 1340. The summed E-state index contributed by atoms with van der Waals surface area (Å²) in [5.41, 5.74) is -4.57. The van der Waals surface area contributed by atoms with E-state index in [-0.39, 0.29) is 54.3 Å².